The lowest BCUT2D eigenvalue weighted by Crippen LogP contribution is -1.99. The number of hydrogen-bond donors (Lipinski definition) is 0. The summed E-state index contributed by atoms with van der Waals surface area (Å²) in [6, 6.07) is 57.8. The van der Waals surface area contributed by atoms with E-state index in [-0.39, 0.29) is 0 Å². The first kappa shape index (κ1) is 31.3. The molecule has 258 valence electrons. The second-order valence-corrected chi connectivity index (χ2v) is 14.4. The molecule has 0 radical (unpaired) electrons. The molecule has 7 aromatic carbocycles. The summed E-state index contributed by atoms with van der Waals surface area (Å²) >= 11 is 1.67. The van der Waals surface area contributed by atoms with Crippen molar-refractivity contribution in [1.82, 2.24) is 29.5 Å². The lowest BCUT2D eigenvalue weighted by molar-refractivity contribution is 0.620. The molecule has 0 fully saturated rings. The Bertz CT molecular complexity index is 3130. The topological polar surface area (TPSA) is 82.5 Å². The van der Waals surface area contributed by atoms with Gasteiger partial charge in [-0.15, -0.1) is 11.3 Å². The van der Waals surface area contributed by atoms with E-state index in [1.54, 1.807) is 11.3 Å². The van der Waals surface area contributed by atoms with Gasteiger partial charge >= 0.3 is 0 Å². The van der Waals surface area contributed by atoms with Crippen molar-refractivity contribution in [1.29, 1.82) is 0 Å². The highest BCUT2D eigenvalue weighted by molar-refractivity contribution is 7.21. The summed E-state index contributed by atoms with van der Waals surface area (Å²) in [5.41, 5.74) is 10.6. The molecule has 0 bridgehead atoms. The van der Waals surface area contributed by atoms with Crippen LogP contribution in [0.15, 0.2) is 174 Å². The van der Waals surface area contributed by atoms with Gasteiger partial charge < -0.3 is 8.98 Å². The summed E-state index contributed by atoms with van der Waals surface area (Å²) in [5.74, 6) is 2.51. The Morgan fingerprint density at radius 3 is 1.85 bits per heavy atom. The first-order valence-electron chi connectivity index (χ1n) is 18.0. The Kier molecular flexibility index (Phi) is 7.21. The molecule has 0 amide bonds. The van der Waals surface area contributed by atoms with Gasteiger partial charge in [-0.1, -0.05) is 103 Å². The number of nitrogens with zero attached hydrogens (tertiary/aromatic N) is 6. The Morgan fingerprint density at radius 1 is 0.418 bits per heavy atom. The highest BCUT2D eigenvalue weighted by atomic mass is 32.1. The number of benzene rings is 7. The van der Waals surface area contributed by atoms with E-state index in [4.69, 9.17) is 29.3 Å². The van der Waals surface area contributed by atoms with Crippen LogP contribution in [-0.4, -0.2) is 29.5 Å². The number of rotatable bonds is 6. The van der Waals surface area contributed by atoms with Gasteiger partial charge in [-0.05, 0) is 66.7 Å². The van der Waals surface area contributed by atoms with E-state index in [1.165, 1.54) is 0 Å². The van der Waals surface area contributed by atoms with Crippen molar-refractivity contribution < 1.29 is 4.42 Å². The second-order valence-electron chi connectivity index (χ2n) is 13.4. The van der Waals surface area contributed by atoms with Gasteiger partial charge in [-0.2, -0.15) is 0 Å². The predicted octanol–water partition coefficient (Wildman–Crippen LogP) is 12.1. The fourth-order valence-electron chi connectivity index (χ4n) is 7.28. The number of fused-ring (bicyclic) bond motifs is 5. The largest absolute Gasteiger partial charge is 0.436 e. The van der Waals surface area contributed by atoms with E-state index < -0.39 is 0 Å². The van der Waals surface area contributed by atoms with Crippen LogP contribution in [0.2, 0.25) is 0 Å². The molecule has 0 unspecified atom stereocenters. The van der Waals surface area contributed by atoms with Gasteiger partial charge in [-0.25, -0.2) is 24.9 Å². The molecule has 4 aromatic heterocycles. The van der Waals surface area contributed by atoms with Gasteiger partial charge in [0.15, 0.2) is 23.1 Å². The van der Waals surface area contributed by atoms with Crippen LogP contribution in [0.3, 0.4) is 0 Å². The number of para-hydroxylation sites is 3. The maximum absolute atomic E-state index is 6.14. The minimum atomic E-state index is 0.615. The van der Waals surface area contributed by atoms with Crippen molar-refractivity contribution in [2.45, 2.75) is 0 Å². The minimum absolute atomic E-state index is 0.615. The van der Waals surface area contributed by atoms with Gasteiger partial charge in [0.1, 0.15) is 10.5 Å². The first-order chi connectivity index (χ1) is 27.2. The highest BCUT2D eigenvalue weighted by Crippen LogP contribution is 2.38. The third-order valence-corrected chi connectivity index (χ3v) is 11.0. The van der Waals surface area contributed by atoms with Crippen molar-refractivity contribution in [3.63, 3.8) is 0 Å². The first-order valence-corrected chi connectivity index (χ1v) is 18.8. The molecule has 4 heterocycles. The molecule has 0 aliphatic rings. The van der Waals surface area contributed by atoms with Crippen molar-refractivity contribution in [2.75, 3.05) is 0 Å². The smallest absolute Gasteiger partial charge is 0.227 e. The van der Waals surface area contributed by atoms with Crippen LogP contribution in [0.5, 0.6) is 0 Å². The van der Waals surface area contributed by atoms with Gasteiger partial charge in [-0.3, -0.25) is 0 Å². The van der Waals surface area contributed by atoms with E-state index in [2.05, 4.69) is 83.4 Å². The van der Waals surface area contributed by atoms with E-state index in [1.807, 2.05) is 91.0 Å². The molecule has 11 aromatic rings. The maximum atomic E-state index is 6.14. The molecule has 0 aliphatic carbocycles. The molecule has 0 spiro atoms. The van der Waals surface area contributed by atoms with E-state index in [0.29, 0.717) is 23.4 Å². The Morgan fingerprint density at radius 2 is 1.07 bits per heavy atom. The molecular weight excluding hydrogens is 697 g/mol. The molecular formula is C47H28N6OS. The molecule has 55 heavy (non-hydrogen) atoms. The monoisotopic (exact) mass is 724 g/mol. The van der Waals surface area contributed by atoms with Crippen LogP contribution < -0.4 is 0 Å². The van der Waals surface area contributed by atoms with Crippen molar-refractivity contribution >= 4 is 54.5 Å². The third-order valence-electron chi connectivity index (χ3n) is 9.91. The molecule has 0 aliphatic heterocycles. The van der Waals surface area contributed by atoms with E-state index >= 15 is 0 Å². The Balaban J connectivity index is 0.985. The highest BCUT2D eigenvalue weighted by Gasteiger charge is 2.18. The van der Waals surface area contributed by atoms with Crippen LogP contribution in [-0.2, 0) is 0 Å². The zero-order valence-electron chi connectivity index (χ0n) is 29.2. The Hall–Kier alpha value is -7.29. The summed E-state index contributed by atoms with van der Waals surface area (Å²) in [6.45, 7) is 0. The fourth-order valence-corrected chi connectivity index (χ4v) is 8.28. The van der Waals surface area contributed by atoms with Gasteiger partial charge in [0.25, 0.3) is 0 Å². The maximum Gasteiger partial charge on any atom is 0.227 e. The van der Waals surface area contributed by atoms with Gasteiger partial charge in [0.2, 0.25) is 5.89 Å². The molecule has 0 saturated carbocycles. The van der Waals surface area contributed by atoms with Crippen molar-refractivity contribution in [3.8, 4) is 61.9 Å². The van der Waals surface area contributed by atoms with Crippen molar-refractivity contribution in [2.24, 2.45) is 0 Å². The van der Waals surface area contributed by atoms with Crippen LogP contribution in [0, 0.1) is 0 Å². The molecule has 11 rings (SSSR count). The number of aromatic nitrogens is 6. The normalized spacial score (nSPS) is 11.6. The van der Waals surface area contributed by atoms with E-state index in [0.717, 1.165) is 81.6 Å². The number of thiazole rings is 1. The van der Waals surface area contributed by atoms with Crippen molar-refractivity contribution in [3.05, 3.63) is 170 Å². The van der Waals surface area contributed by atoms with Crippen LogP contribution in [0.25, 0.3) is 105 Å². The summed E-state index contributed by atoms with van der Waals surface area (Å²) in [4.78, 5) is 24.6. The quantitative estimate of drug-likeness (QED) is 0.170. The zero-order valence-corrected chi connectivity index (χ0v) is 30.0. The van der Waals surface area contributed by atoms with Gasteiger partial charge in [0.05, 0.1) is 21.3 Å². The molecule has 0 N–H and O–H groups in total. The van der Waals surface area contributed by atoms with Crippen LogP contribution >= 0.6 is 11.3 Å². The average molecular weight is 725 g/mol. The number of hydrogen-bond acceptors (Lipinski definition) is 7. The molecule has 7 nitrogen and oxygen atoms in total. The summed E-state index contributed by atoms with van der Waals surface area (Å²) in [7, 11) is 0. The summed E-state index contributed by atoms with van der Waals surface area (Å²) in [5, 5.41) is 3.24. The molecule has 8 heteroatoms. The average Bonchev–Trinajstić information content (AvgIpc) is 3.98. The Labute approximate surface area is 318 Å². The predicted molar refractivity (Wildman–Crippen MR) is 222 cm³/mol. The van der Waals surface area contributed by atoms with Crippen LogP contribution in [0.4, 0.5) is 0 Å². The zero-order chi connectivity index (χ0) is 36.3. The standard InChI is InChI=1S/C47H28N6OS/c1-3-12-29(13-4-1)43-50-44(30-14-5-2-6-15-30)52-45(51-43)31-22-24-38-42(28-31)55-47(49-38)33-16-11-17-34(26-33)53-39-20-9-7-18-35(39)36-27-32(23-25-40(36)53)46-48-37-19-8-10-21-41(37)54-46/h1-28H. The number of oxazole rings is 1. The van der Waals surface area contributed by atoms with E-state index in [9.17, 15) is 0 Å². The lowest BCUT2D eigenvalue weighted by atomic mass is 10.1. The van der Waals surface area contributed by atoms with Gasteiger partial charge in [0, 0.05) is 44.3 Å². The lowest BCUT2D eigenvalue weighted by Gasteiger charge is -2.09. The molecule has 0 atom stereocenters. The van der Waals surface area contributed by atoms with Crippen LogP contribution in [0.1, 0.15) is 0 Å². The second kappa shape index (κ2) is 12.7. The SMILES string of the molecule is c1ccc(-c2nc(-c3ccccc3)nc(-c3ccc4nc(-c5cccc(-n6c7ccccc7c7cc(-c8nc9ccccc9o8)ccc76)c5)sc4c3)n2)cc1. The summed E-state index contributed by atoms with van der Waals surface area (Å²) < 4.78 is 9.53. The fraction of sp³-hybridized carbons (Fsp3) is 0. The molecule has 0 saturated heterocycles. The minimum Gasteiger partial charge on any atom is -0.436 e. The summed E-state index contributed by atoms with van der Waals surface area (Å²) in [6.07, 6.45) is 0. The third kappa shape index (κ3) is 5.47.